The van der Waals surface area contributed by atoms with Gasteiger partial charge >= 0.3 is 0 Å². The lowest BCUT2D eigenvalue weighted by Crippen LogP contribution is -2.29. The Labute approximate surface area is 168 Å². The third kappa shape index (κ3) is 6.14. The molecule has 0 bridgehead atoms. The van der Waals surface area contributed by atoms with Gasteiger partial charge in [-0.2, -0.15) is 5.26 Å². The number of hydrogen-bond acceptors (Lipinski definition) is 1. The van der Waals surface area contributed by atoms with Crippen molar-refractivity contribution >= 4 is 0 Å². The first kappa shape index (κ1) is 20.5. The number of nitrogens with zero attached hydrogens (tertiary/aromatic N) is 1. The third-order valence-electron chi connectivity index (χ3n) is 8.13. The fraction of sp³-hybridized carbons (Fsp3) is 0.808. The summed E-state index contributed by atoms with van der Waals surface area (Å²) in [6.07, 6.45) is 24.7. The molecule has 3 fully saturated rings. The third-order valence-corrected chi connectivity index (χ3v) is 8.13. The summed E-state index contributed by atoms with van der Waals surface area (Å²) in [7, 11) is 0. The standard InChI is InChI=1S/C26H39N/c1-2-6-21-8-12-23(13-9-21)25-16-18-26(19-17-25)24-14-10-22(11-15-24)7-4-3-5-20-27/h4,7,21-26H,2,6,8-19H2,1H3/b7-4+. The van der Waals surface area contributed by atoms with Crippen molar-refractivity contribution in [3.05, 3.63) is 12.2 Å². The average Bonchev–Trinajstić information content (AvgIpc) is 2.73. The van der Waals surface area contributed by atoms with Crippen LogP contribution < -0.4 is 0 Å². The van der Waals surface area contributed by atoms with E-state index in [-0.39, 0.29) is 0 Å². The second-order valence-corrected chi connectivity index (χ2v) is 9.66. The van der Waals surface area contributed by atoms with Crippen molar-refractivity contribution in [3.8, 4) is 17.9 Å². The van der Waals surface area contributed by atoms with Crippen LogP contribution >= 0.6 is 0 Å². The van der Waals surface area contributed by atoms with Crippen LogP contribution in [0.2, 0.25) is 0 Å². The predicted octanol–water partition coefficient (Wildman–Crippen LogP) is 7.29. The highest BCUT2D eigenvalue weighted by atomic mass is 14.4. The first-order chi connectivity index (χ1) is 13.3. The van der Waals surface area contributed by atoms with Crippen molar-refractivity contribution in [2.75, 3.05) is 0 Å². The van der Waals surface area contributed by atoms with Gasteiger partial charge in [0.05, 0.1) is 0 Å². The van der Waals surface area contributed by atoms with Gasteiger partial charge < -0.3 is 0 Å². The molecule has 0 N–H and O–H groups in total. The molecule has 0 amide bonds. The molecule has 0 radical (unpaired) electrons. The summed E-state index contributed by atoms with van der Waals surface area (Å²) < 4.78 is 0. The maximum Gasteiger partial charge on any atom is 0.152 e. The molecule has 0 heterocycles. The first-order valence-corrected chi connectivity index (χ1v) is 11.9. The van der Waals surface area contributed by atoms with E-state index in [4.69, 9.17) is 5.26 Å². The van der Waals surface area contributed by atoms with E-state index in [0.29, 0.717) is 5.92 Å². The zero-order valence-corrected chi connectivity index (χ0v) is 17.5. The van der Waals surface area contributed by atoms with E-state index in [9.17, 15) is 0 Å². The molecule has 1 nitrogen and oxygen atoms in total. The second-order valence-electron chi connectivity index (χ2n) is 9.66. The van der Waals surface area contributed by atoms with Gasteiger partial charge in [0.25, 0.3) is 0 Å². The fourth-order valence-electron chi connectivity index (χ4n) is 6.51. The molecule has 0 atom stereocenters. The highest BCUT2D eigenvalue weighted by Gasteiger charge is 2.34. The maximum absolute atomic E-state index is 8.46. The summed E-state index contributed by atoms with van der Waals surface area (Å²) in [5.41, 5.74) is 0. The number of hydrogen-bond donors (Lipinski definition) is 0. The van der Waals surface area contributed by atoms with Gasteiger partial charge in [-0.3, -0.25) is 0 Å². The molecule has 0 saturated heterocycles. The van der Waals surface area contributed by atoms with Gasteiger partial charge in [0, 0.05) is 5.92 Å². The molecular formula is C26H39N. The minimum absolute atomic E-state index is 0.698. The molecule has 3 aliphatic carbocycles. The van der Waals surface area contributed by atoms with Crippen LogP contribution in [0, 0.1) is 58.7 Å². The lowest BCUT2D eigenvalue weighted by molar-refractivity contribution is 0.107. The molecule has 0 spiro atoms. The van der Waals surface area contributed by atoms with E-state index < -0.39 is 0 Å². The topological polar surface area (TPSA) is 23.8 Å². The van der Waals surface area contributed by atoms with Crippen molar-refractivity contribution in [1.82, 2.24) is 0 Å². The SMILES string of the molecule is CCCC1CCC(C2CCC(C3CCC(/C=C/C#CC#N)CC3)CC2)CC1. The highest BCUT2D eigenvalue weighted by Crippen LogP contribution is 2.46. The van der Waals surface area contributed by atoms with Crippen LogP contribution in [0.4, 0.5) is 0 Å². The summed E-state index contributed by atoms with van der Waals surface area (Å²) in [6.45, 7) is 2.35. The minimum Gasteiger partial charge on any atom is -0.183 e. The van der Waals surface area contributed by atoms with E-state index in [2.05, 4.69) is 24.8 Å². The van der Waals surface area contributed by atoms with Crippen molar-refractivity contribution in [3.63, 3.8) is 0 Å². The fourth-order valence-corrected chi connectivity index (χ4v) is 6.51. The quantitative estimate of drug-likeness (QED) is 0.469. The molecule has 148 valence electrons. The number of rotatable bonds is 5. The highest BCUT2D eigenvalue weighted by molar-refractivity contribution is 5.25. The van der Waals surface area contributed by atoms with Gasteiger partial charge in [-0.05, 0) is 106 Å². The summed E-state index contributed by atoms with van der Waals surface area (Å²) >= 11 is 0. The van der Waals surface area contributed by atoms with Gasteiger partial charge in [-0.1, -0.05) is 44.6 Å². The van der Waals surface area contributed by atoms with Gasteiger partial charge in [0.15, 0.2) is 6.07 Å². The summed E-state index contributed by atoms with van der Waals surface area (Å²) in [5.74, 6) is 11.1. The molecule has 0 aromatic rings. The summed E-state index contributed by atoms with van der Waals surface area (Å²) in [4.78, 5) is 0. The zero-order chi connectivity index (χ0) is 18.9. The van der Waals surface area contributed by atoms with Crippen molar-refractivity contribution in [2.45, 2.75) is 96.8 Å². The Bertz CT molecular complexity index is 547. The van der Waals surface area contributed by atoms with Crippen LogP contribution in [0.25, 0.3) is 0 Å². The monoisotopic (exact) mass is 365 g/mol. The molecule has 0 aromatic carbocycles. The molecule has 3 rings (SSSR count). The van der Waals surface area contributed by atoms with Crippen LogP contribution in [0.15, 0.2) is 12.2 Å². The lowest BCUT2D eigenvalue weighted by Gasteiger charge is -2.41. The molecule has 1 heteroatoms. The smallest absolute Gasteiger partial charge is 0.152 e. The van der Waals surface area contributed by atoms with Crippen molar-refractivity contribution < 1.29 is 0 Å². The van der Waals surface area contributed by atoms with Gasteiger partial charge in [0.2, 0.25) is 0 Å². The Kier molecular flexibility index (Phi) is 8.33. The second kappa shape index (κ2) is 11.0. The van der Waals surface area contributed by atoms with E-state index in [1.807, 2.05) is 12.1 Å². The van der Waals surface area contributed by atoms with Crippen LogP contribution in [-0.4, -0.2) is 0 Å². The van der Waals surface area contributed by atoms with Gasteiger partial charge in [-0.25, -0.2) is 0 Å². The van der Waals surface area contributed by atoms with E-state index in [1.54, 1.807) is 0 Å². The minimum atomic E-state index is 0.698. The van der Waals surface area contributed by atoms with E-state index in [0.717, 1.165) is 29.6 Å². The first-order valence-electron chi connectivity index (χ1n) is 11.9. The Morgan fingerprint density at radius 3 is 1.70 bits per heavy atom. The predicted molar refractivity (Wildman–Crippen MR) is 114 cm³/mol. The Morgan fingerprint density at radius 2 is 1.22 bits per heavy atom. The van der Waals surface area contributed by atoms with E-state index >= 15 is 0 Å². The molecule has 27 heavy (non-hydrogen) atoms. The largest absolute Gasteiger partial charge is 0.183 e. The van der Waals surface area contributed by atoms with Crippen LogP contribution in [0.3, 0.4) is 0 Å². The molecule has 0 aromatic heterocycles. The Hall–Kier alpha value is -1.21. The molecule has 3 aliphatic rings. The van der Waals surface area contributed by atoms with Crippen LogP contribution in [-0.2, 0) is 0 Å². The Balaban J connectivity index is 1.35. The van der Waals surface area contributed by atoms with Gasteiger partial charge in [0.1, 0.15) is 0 Å². The molecule has 3 saturated carbocycles. The lowest BCUT2D eigenvalue weighted by atomic mass is 9.65. The number of nitriles is 1. The molecule has 0 aliphatic heterocycles. The van der Waals surface area contributed by atoms with Gasteiger partial charge in [-0.15, -0.1) is 0 Å². The summed E-state index contributed by atoms with van der Waals surface area (Å²) in [5, 5.41) is 8.46. The average molecular weight is 366 g/mol. The van der Waals surface area contributed by atoms with Crippen LogP contribution in [0.1, 0.15) is 96.8 Å². The Morgan fingerprint density at radius 1 is 0.741 bits per heavy atom. The van der Waals surface area contributed by atoms with E-state index in [1.165, 1.54) is 89.9 Å². The summed E-state index contributed by atoms with van der Waals surface area (Å²) in [6, 6.07) is 1.88. The van der Waals surface area contributed by atoms with Crippen molar-refractivity contribution in [1.29, 1.82) is 5.26 Å². The van der Waals surface area contributed by atoms with Crippen molar-refractivity contribution in [2.24, 2.45) is 35.5 Å². The number of allylic oxidation sites excluding steroid dienone is 2. The molecular weight excluding hydrogens is 326 g/mol. The normalized spacial score (nSPS) is 37.3. The molecule has 0 unspecified atom stereocenters. The zero-order valence-electron chi connectivity index (χ0n) is 17.5. The van der Waals surface area contributed by atoms with Crippen LogP contribution in [0.5, 0.6) is 0 Å². The maximum atomic E-state index is 8.46.